The maximum absolute atomic E-state index is 12.1. The van der Waals surface area contributed by atoms with Crippen LogP contribution in [0.4, 0.5) is 0 Å². The van der Waals surface area contributed by atoms with Gasteiger partial charge < -0.3 is 4.90 Å². The van der Waals surface area contributed by atoms with E-state index in [1.54, 1.807) is 45.1 Å². The number of aldehydes is 1. The number of amides is 1. The van der Waals surface area contributed by atoms with Gasteiger partial charge >= 0.3 is 0 Å². The number of likely N-dealkylation sites (N-methyl/N-ethyl adjacent to an activating group) is 1. The zero-order valence-corrected chi connectivity index (χ0v) is 13.0. The van der Waals surface area contributed by atoms with E-state index >= 15 is 0 Å². The van der Waals surface area contributed by atoms with Crippen LogP contribution in [-0.2, 0) is 0 Å². The molecule has 0 aliphatic carbocycles. The summed E-state index contributed by atoms with van der Waals surface area (Å²) >= 11 is 2.22. The van der Waals surface area contributed by atoms with E-state index in [-0.39, 0.29) is 5.91 Å². The fraction of sp³-hybridized carbons (Fsp3) is 0.231. The Morgan fingerprint density at radius 2 is 2.11 bits per heavy atom. The molecule has 0 radical (unpaired) electrons. The van der Waals surface area contributed by atoms with E-state index < -0.39 is 0 Å². The molecule has 1 amide bonds. The molecule has 18 heavy (non-hydrogen) atoms. The highest BCUT2D eigenvalue weighted by atomic mass is 127. The molecular formula is C13H14INO2S. The Morgan fingerprint density at radius 3 is 2.78 bits per heavy atom. The summed E-state index contributed by atoms with van der Waals surface area (Å²) in [4.78, 5) is 24.6. The van der Waals surface area contributed by atoms with Crippen LogP contribution in [0.25, 0.3) is 0 Å². The Bertz CT molecular complexity index is 448. The molecule has 1 aromatic rings. The second kappa shape index (κ2) is 8.31. The number of carbonyl (C=O) groups is 2. The maximum Gasteiger partial charge on any atom is 0.254 e. The highest BCUT2D eigenvalue weighted by molar-refractivity contribution is 14.2. The van der Waals surface area contributed by atoms with Gasteiger partial charge in [-0.25, -0.2) is 0 Å². The quantitative estimate of drug-likeness (QED) is 0.435. The summed E-state index contributed by atoms with van der Waals surface area (Å²) in [5.41, 5.74) is 0.882. The zero-order chi connectivity index (χ0) is 13.4. The molecule has 0 unspecified atom stereocenters. The smallest absolute Gasteiger partial charge is 0.254 e. The van der Waals surface area contributed by atoms with Gasteiger partial charge in [-0.1, -0.05) is 39.3 Å². The average molecular weight is 375 g/mol. The Hall–Kier alpha value is -0.820. The first-order valence-corrected chi connectivity index (χ1v) is 8.91. The third-order valence-corrected chi connectivity index (χ3v) is 3.77. The van der Waals surface area contributed by atoms with Gasteiger partial charge in [-0.3, -0.25) is 9.59 Å². The molecule has 0 aliphatic rings. The normalized spacial score (nSPS) is 10.6. The predicted molar refractivity (Wildman–Crippen MR) is 84.4 cm³/mol. The van der Waals surface area contributed by atoms with E-state index in [0.717, 1.165) is 5.75 Å². The van der Waals surface area contributed by atoms with Crippen LogP contribution in [0.1, 0.15) is 20.7 Å². The van der Waals surface area contributed by atoms with Gasteiger partial charge in [0.05, 0.1) is 5.56 Å². The summed E-state index contributed by atoms with van der Waals surface area (Å²) in [6.07, 6.45) is 4.68. The first-order chi connectivity index (χ1) is 8.70. The number of rotatable bonds is 6. The molecular weight excluding hydrogens is 361 g/mol. The lowest BCUT2D eigenvalue weighted by molar-refractivity contribution is 0.0807. The van der Waals surface area contributed by atoms with Crippen molar-refractivity contribution in [1.29, 1.82) is 0 Å². The Kier molecular flexibility index (Phi) is 7.04. The minimum absolute atomic E-state index is 0.135. The van der Waals surface area contributed by atoms with E-state index in [9.17, 15) is 9.59 Å². The van der Waals surface area contributed by atoms with Gasteiger partial charge in [0.15, 0.2) is 6.29 Å². The molecule has 0 atom stereocenters. The van der Waals surface area contributed by atoms with Crippen molar-refractivity contribution in [3.8, 4) is 0 Å². The number of halogens is 1. The van der Waals surface area contributed by atoms with Gasteiger partial charge in [0, 0.05) is 24.9 Å². The van der Waals surface area contributed by atoms with Crippen LogP contribution in [0.5, 0.6) is 0 Å². The van der Waals surface area contributed by atoms with Crippen LogP contribution >= 0.6 is 30.1 Å². The van der Waals surface area contributed by atoms with Crippen LogP contribution in [0.15, 0.2) is 36.4 Å². The molecule has 0 saturated heterocycles. The second-order valence-corrected chi connectivity index (χ2v) is 6.06. The van der Waals surface area contributed by atoms with Crippen molar-refractivity contribution in [2.45, 2.75) is 0 Å². The van der Waals surface area contributed by atoms with Gasteiger partial charge in [0.1, 0.15) is 0 Å². The summed E-state index contributed by atoms with van der Waals surface area (Å²) in [6, 6.07) is 6.83. The molecule has 96 valence electrons. The lowest BCUT2D eigenvalue weighted by Gasteiger charge is -2.15. The van der Waals surface area contributed by atoms with Crippen molar-refractivity contribution in [2.24, 2.45) is 0 Å². The lowest BCUT2D eigenvalue weighted by atomic mass is 10.1. The van der Waals surface area contributed by atoms with Crippen molar-refractivity contribution in [2.75, 3.05) is 19.3 Å². The average Bonchev–Trinajstić information content (AvgIpc) is 2.42. The molecule has 1 rings (SSSR count). The molecule has 0 aliphatic heterocycles. The third kappa shape index (κ3) is 4.45. The monoisotopic (exact) mass is 375 g/mol. The van der Waals surface area contributed by atoms with Gasteiger partial charge in [-0.05, 0) is 27.3 Å². The van der Waals surface area contributed by atoms with Crippen molar-refractivity contribution in [3.63, 3.8) is 0 Å². The fourth-order valence-corrected chi connectivity index (χ4v) is 2.25. The second-order valence-electron chi connectivity index (χ2n) is 3.64. The van der Waals surface area contributed by atoms with E-state index in [1.807, 2.05) is 12.2 Å². The molecule has 0 heterocycles. The maximum atomic E-state index is 12.1. The predicted octanol–water partition coefficient (Wildman–Crippen LogP) is 3.21. The molecule has 0 bridgehead atoms. The number of carbonyl (C=O) groups excluding carboxylic acids is 2. The number of hydrogen-bond donors (Lipinski definition) is 0. The molecule has 0 fully saturated rings. The summed E-state index contributed by atoms with van der Waals surface area (Å²) in [5, 5.41) is 0. The van der Waals surface area contributed by atoms with Crippen LogP contribution in [0.2, 0.25) is 0 Å². The van der Waals surface area contributed by atoms with E-state index in [2.05, 4.69) is 21.2 Å². The van der Waals surface area contributed by atoms with Gasteiger partial charge in [0.2, 0.25) is 0 Å². The van der Waals surface area contributed by atoms with Crippen LogP contribution in [-0.4, -0.2) is 36.4 Å². The Labute approximate surface area is 123 Å². The van der Waals surface area contributed by atoms with Gasteiger partial charge in [0.25, 0.3) is 5.91 Å². The van der Waals surface area contributed by atoms with E-state index in [0.29, 0.717) is 24.0 Å². The van der Waals surface area contributed by atoms with Crippen molar-refractivity contribution in [1.82, 2.24) is 4.90 Å². The summed E-state index contributed by atoms with van der Waals surface area (Å²) in [6.45, 7) is 0.545. The van der Waals surface area contributed by atoms with Gasteiger partial charge in [-0.2, -0.15) is 0 Å². The molecule has 0 spiro atoms. The first-order valence-electron chi connectivity index (χ1n) is 5.39. The molecule has 0 N–H and O–H groups in total. The van der Waals surface area contributed by atoms with Gasteiger partial charge in [-0.15, -0.1) is 0 Å². The zero-order valence-electron chi connectivity index (χ0n) is 10.0. The Balaban J connectivity index is 2.71. The summed E-state index contributed by atoms with van der Waals surface area (Å²) < 4.78 is 0. The number of nitrogens with zero attached hydrogens (tertiary/aromatic N) is 1. The minimum Gasteiger partial charge on any atom is -0.338 e. The first kappa shape index (κ1) is 15.2. The molecule has 3 nitrogen and oxygen atoms in total. The topological polar surface area (TPSA) is 37.4 Å². The van der Waals surface area contributed by atoms with Crippen LogP contribution in [0.3, 0.4) is 0 Å². The number of benzene rings is 1. The largest absolute Gasteiger partial charge is 0.338 e. The van der Waals surface area contributed by atoms with Crippen LogP contribution < -0.4 is 0 Å². The molecule has 0 aromatic heterocycles. The summed E-state index contributed by atoms with van der Waals surface area (Å²) in [7, 11) is 3.43. The Morgan fingerprint density at radius 1 is 1.39 bits per heavy atom. The summed E-state index contributed by atoms with van der Waals surface area (Å²) in [5.74, 6) is 0.789. The number of hydrogen-bond acceptors (Lipinski definition) is 3. The SMILES string of the molecule is CN(C/C=C/CSI)C(=O)c1ccccc1C=O. The van der Waals surface area contributed by atoms with Crippen molar-refractivity contribution >= 4 is 42.3 Å². The third-order valence-electron chi connectivity index (χ3n) is 2.37. The minimum atomic E-state index is -0.135. The molecule has 1 aromatic carbocycles. The van der Waals surface area contributed by atoms with Crippen molar-refractivity contribution < 1.29 is 9.59 Å². The standard InChI is InChI=1S/C13H14INO2S/c1-15(8-4-5-9-18-14)13(17)12-7-3-2-6-11(12)10-16/h2-7,10H,8-9H2,1H3/b5-4+. The van der Waals surface area contributed by atoms with Crippen molar-refractivity contribution in [3.05, 3.63) is 47.5 Å². The van der Waals surface area contributed by atoms with E-state index in [1.165, 1.54) is 0 Å². The lowest BCUT2D eigenvalue weighted by Crippen LogP contribution is -2.27. The highest BCUT2D eigenvalue weighted by Gasteiger charge is 2.13. The highest BCUT2D eigenvalue weighted by Crippen LogP contribution is 2.11. The fourth-order valence-electron chi connectivity index (χ4n) is 1.42. The molecule has 0 saturated carbocycles. The van der Waals surface area contributed by atoms with E-state index in [4.69, 9.17) is 0 Å². The van der Waals surface area contributed by atoms with Crippen LogP contribution in [0, 0.1) is 0 Å². The molecule has 5 heteroatoms.